The van der Waals surface area contributed by atoms with E-state index in [0.29, 0.717) is 30.3 Å². The summed E-state index contributed by atoms with van der Waals surface area (Å²) in [7, 11) is 3.12. The molecule has 0 atom stereocenters. The minimum absolute atomic E-state index is 0.279. The lowest BCUT2D eigenvalue weighted by molar-refractivity contribution is -0.124. The van der Waals surface area contributed by atoms with Crippen LogP contribution in [0.1, 0.15) is 28.4 Å². The first-order valence-corrected chi connectivity index (χ1v) is 8.89. The summed E-state index contributed by atoms with van der Waals surface area (Å²) >= 11 is 0. The second-order valence-electron chi connectivity index (χ2n) is 5.83. The van der Waals surface area contributed by atoms with Crippen LogP contribution < -0.4 is 14.8 Å². The van der Waals surface area contributed by atoms with Gasteiger partial charge in [0.25, 0.3) is 5.91 Å². The van der Waals surface area contributed by atoms with Gasteiger partial charge in [-0.05, 0) is 31.2 Å². The highest BCUT2D eigenvalue weighted by molar-refractivity contribution is 5.91. The predicted molar refractivity (Wildman–Crippen MR) is 103 cm³/mol. The van der Waals surface area contributed by atoms with Gasteiger partial charge in [-0.1, -0.05) is 18.2 Å². The van der Waals surface area contributed by atoms with Crippen molar-refractivity contribution in [2.24, 2.45) is 0 Å². The summed E-state index contributed by atoms with van der Waals surface area (Å²) in [5.74, 6) is 0.314. The molecule has 28 heavy (non-hydrogen) atoms. The summed E-state index contributed by atoms with van der Waals surface area (Å²) in [5, 5.41) is 2.70. The average Bonchev–Trinajstić information content (AvgIpc) is 2.74. The van der Waals surface area contributed by atoms with E-state index in [1.165, 1.54) is 0 Å². The Morgan fingerprint density at radius 1 is 0.964 bits per heavy atom. The van der Waals surface area contributed by atoms with Crippen LogP contribution in [0.5, 0.6) is 11.5 Å². The molecule has 0 aliphatic carbocycles. The molecule has 0 aliphatic heterocycles. The van der Waals surface area contributed by atoms with Gasteiger partial charge in [0.2, 0.25) is 0 Å². The molecule has 2 rings (SSSR count). The number of hydrogen-bond acceptors (Lipinski definition) is 6. The molecule has 0 aromatic heterocycles. The Kier molecular flexibility index (Phi) is 8.30. The monoisotopic (exact) mass is 387 g/mol. The van der Waals surface area contributed by atoms with Crippen LogP contribution in [0, 0.1) is 0 Å². The van der Waals surface area contributed by atoms with Crippen LogP contribution >= 0.6 is 0 Å². The van der Waals surface area contributed by atoms with Gasteiger partial charge >= 0.3 is 5.97 Å². The third-order valence-electron chi connectivity index (χ3n) is 3.98. The number of benzene rings is 2. The molecule has 0 spiro atoms. The molecular weight excluding hydrogens is 362 g/mol. The van der Waals surface area contributed by atoms with Crippen molar-refractivity contribution in [2.45, 2.75) is 20.1 Å². The lowest BCUT2D eigenvalue weighted by Crippen LogP contribution is -2.28. The molecule has 0 heterocycles. The Balaban J connectivity index is 1.89. The maximum Gasteiger partial charge on any atom is 0.338 e. The van der Waals surface area contributed by atoms with Gasteiger partial charge in [-0.2, -0.15) is 0 Å². The zero-order valence-electron chi connectivity index (χ0n) is 16.3. The number of hydrogen-bond donors (Lipinski definition) is 1. The molecule has 7 nitrogen and oxygen atoms in total. The molecule has 1 amide bonds. The minimum atomic E-state index is -0.590. The molecule has 7 heteroatoms. The van der Waals surface area contributed by atoms with Crippen LogP contribution in [0.4, 0.5) is 0 Å². The van der Waals surface area contributed by atoms with Crippen molar-refractivity contribution >= 4 is 11.9 Å². The molecule has 2 aromatic carbocycles. The Bertz CT molecular complexity index is 805. The van der Waals surface area contributed by atoms with Gasteiger partial charge in [0.15, 0.2) is 6.61 Å². The topological polar surface area (TPSA) is 83.1 Å². The smallest absolute Gasteiger partial charge is 0.338 e. The van der Waals surface area contributed by atoms with Crippen molar-refractivity contribution in [3.63, 3.8) is 0 Å². The highest BCUT2D eigenvalue weighted by atomic mass is 16.5. The highest BCUT2D eigenvalue weighted by Crippen LogP contribution is 2.21. The number of nitrogens with one attached hydrogen (secondary N) is 1. The van der Waals surface area contributed by atoms with E-state index in [-0.39, 0.29) is 13.2 Å². The number of rotatable bonds is 10. The Labute approximate surface area is 164 Å². The molecule has 2 aromatic rings. The third kappa shape index (κ3) is 5.99. The number of para-hydroxylation sites is 1. The summed E-state index contributed by atoms with van der Waals surface area (Å²) < 4.78 is 21.0. The van der Waals surface area contributed by atoms with Gasteiger partial charge in [0, 0.05) is 24.3 Å². The van der Waals surface area contributed by atoms with Crippen molar-refractivity contribution in [1.29, 1.82) is 0 Å². The van der Waals surface area contributed by atoms with E-state index >= 15 is 0 Å². The highest BCUT2D eigenvalue weighted by Gasteiger charge is 2.14. The largest absolute Gasteiger partial charge is 0.496 e. The van der Waals surface area contributed by atoms with E-state index in [1.807, 2.05) is 31.2 Å². The zero-order valence-corrected chi connectivity index (χ0v) is 16.3. The van der Waals surface area contributed by atoms with Crippen LogP contribution in [-0.4, -0.2) is 39.3 Å². The fraction of sp³-hybridized carbons (Fsp3) is 0.333. The third-order valence-corrected chi connectivity index (χ3v) is 3.98. The summed E-state index contributed by atoms with van der Waals surface area (Å²) in [5.41, 5.74) is 1.90. The molecule has 0 bridgehead atoms. The average molecular weight is 387 g/mol. The van der Waals surface area contributed by atoms with E-state index in [2.05, 4.69) is 5.32 Å². The summed E-state index contributed by atoms with van der Waals surface area (Å²) in [6.07, 6.45) is 0. The fourth-order valence-electron chi connectivity index (χ4n) is 2.54. The van der Waals surface area contributed by atoms with E-state index in [1.54, 1.807) is 32.4 Å². The van der Waals surface area contributed by atoms with Gasteiger partial charge in [-0.15, -0.1) is 0 Å². The molecule has 0 aliphatic rings. The lowest BCUT2D eigenvalue weighted by atomic mass is 10.1. The maximum absolute atomic E-state index is 12.2. The van der Waals surface area contributed by atoms with Gasteiger partial charge in [-0.25, -0.2) is 4.79 Å². The minimum Gasteiger partial charge on any atom is -0.496 e. The number of ether oxygens (including phenoxy) is 4. The van der Waals surface area contributed by atoms with Crippen molar-refractivity contribution in [3.05, 3.63) is 59.2 Å². The molecule has 150 valence electrons. The molecule has 1 N–H and O–H groups in total. The van der Waals surface area contributed by atoms with Crippen LogP contribution in [0.15, 0.2) is 42.5 Å². The summed E-state index contributed by atoms with van der Waals surface area (Å²) in [6, 6.07) is 12.3. The SMILES string of the molecule is CCOCc1cc(C(=O)OCC(=O)NCc2ccccc2OC)ccc1OC. The van der Waals surface area contributed by atoms with E-state index in [0.717, 1.165) is 11.1 Å². The Morgan fingerprint density at radius 2 is 1.68 bits per heavy atom. The summed E-state index contributed by atoms with van der Waals surface area (Å²) in [6.45, 7) is 2.65. The van der Waals surface area contributed by atoms with Crippen molar-refractivity contribution in [1.82, 2.24) is 5.32 Å². The molecule has 0 radical (unpaired) electrons. The molecular formula is C21H25NO6. The van der Waals surface area contributed by atoms with Gasteiger partial charge in [0.05, 0.1) is 26.4 Å². The Morgan fingerprint density at radius 3 is 2.39 bits per heavy atom. The number of esters is 1. The molecule has 0 unspecified atom stereocenters. The standard InChI is InChI=1S/C21H25NO6/c1-4-27-13-17-11-15(9-10-19(17)26-3)21(24)28-14-20(23)22-12-16-7-5-6-8-18(16)25-2/h5-11H,4,12-14H2,1-3H3,(H,22,23). The Hall–Kier alpha value is -3.06. The fourth-order valence-corrected chi connectivity index (χ4v) is 2.54. The van der Waals surface area contributed by atoms with Crippen molar-refractivity contribution in [2.75, 3.05) is 27.4 Å². The van der Waals surface area contributed by atoms with E-state index < -0.39 is 11.9 Å². The number of carbonyl (C=O) groups excluding carboxylic acids is 2. The number of carbonyl (C=O) groups is 2. The van der Waals surface area contributed by atoms with E-state index in [4.69, 9.17) is 18.9 Å². The van der Waals surface area contributed by atoms with Crippen LogP contribution in [0.2, 0.25) is 0 Å². The number of amides is 1. The van der Waals surface area contributed by atoms with Gasteiger partial charge < -0.3 is 24.3 Å². The normalized spacial score (nSPS) is 10.2. The molecule has 0 saturated heterocycles. The van der Waals surface area contributed by atoms with Gasteiger partial charge in [-0.3, -0.25) is 4.79 Å². The van der Waals surface area contributed by atoms with E-state index in [9.17, 15) is 9.59 Å². The number of methoxy groups -OCH3 is 2. The van der Waals surface area contributed by atoms with Crippen LogP contribution in [-0.2, 0) is 27.4 Å². The molecule has 0 saturated carbocycles. The second kappa shape index (κ2) is 10.9. The summed E-state index contributed by atoms with van der Waals surface area (Å²) in [4.78, 5) is 24.2. The van der Waals surface area contributed by atoms with Crippen molar-refractivity contribution in [3.8, 4) is 11.5 Å². The first-order valence-electron chi connectivity index (χ1n) is 8.89. The van der Waals surface area contributed by atoms with Crippen LogP contribution in [0.25, 0.3) is 0 Å². The molecule has 0 fully saturated rings. The van der Waals surface area contributed by atoms with Gasteiger partial charge in [0.1, 0.15) is 11.5 Å². The lowest BCUT2D eigenvalue weighted by Gasteiger charge is -2.11. The second-order valence-corrected chi connectivity index (χ2v) is 5.83. The first kappa shape index (κ1) is 21.2. The maximum atomic E-state index is 12.2. The quantitative estimate of drug-likeness (QED) is 0.631. The first-order chi connectivity index (χ1) is 13.6. The van der Waals surface area contributed by atoms with Crippen molar-refractivity contribution < 1.29 is 28.5 Å². The van der Waals surface area contributed by atoms with Crippen LogP contribution in [0.3, 0.4) is 0 Å². The zero-order chi connectivity index (χ0) is 20.4. The predicted octanol–water partition coefficient (Wildman–Crippen LogP) is 2.71.